The van der Waals surface area contributed by atoms with Gasteiger partial charge in [-0.2, -0.15) is 0 Å². The Morgan fingerprint density at radius 2 is 0.960 bits per heavy atom. The van der Waals surface area contributed by atoms with Gasteiger partial charge in [0.2, 0.25) is 0 Å². The Morgan fingerprint density at radius 3 is 1.28 bits per heavy atom. The van der Waals surface area contributed by atoms with E-state index >= 15 is 0 Å². The molecule has 0 aromatic carbocycles. The first-order valence-corrected chi connectivity index (χ1v) is 10.2. The summed E-state index contributed by atoms with van der Waals surface area (Å²) in [5.74, 6) is 0. The van der Waals surface area contributed by atoms with E-state index in [9.17, 15) is 9.46 Å². The van der Waals surface area contributed by atoms with Crippen LogP contribution in [-0.2, 0) is 37.5 Å². The summed E-state index contributed by atoms with van der Waals surface area (Å²) in [6.45, 7) is 6.78. The Hall–Kier alpha value is -0.0900. The summed E-state index contributed by atoms with van der Waals surface area (Å²) >= 11 is 0. The summed E-state index contributed by atoms with van der Waals surface area (Å²) in [4.78, 5) is 11.1. The van der Waals surface area contributed by atoms with Crippen molar-refractivity contribution >= 4 is 7.60 Å². The molecule has 0 aromatic rings. The maximum atomic E-state index is 11.1. The third kappa shape index (κ3) is 20.1. The molecule has 0 spiro atoms. The van der Waals surface area contributed by atoms with Gasteiger partial charge in [0, 0.05) is 13.3 Å². The number of hydrogen-bond acceptors (Lipinski definition) is 9. The first-order chi connectivity index (χ1) is 12.1. The summed E-state index contributed by atoms with van der Waals surface area (Å²) in [7, 11) is -2.03. The normalized spacial score (nSPS) is 13.9. The maximum absolute atomic E-state index is 11.1. The molecule has 0 saturated carbocycles. The third-order valence-electron chi connectivity index (χ3n) is 2.82. The summed E-state index contributed by atoms with van der Waals surface area (Å²) in [5, 5.41) is 0. The van der Waals surface area contributed by atoms with Gasteiger partial charge in [0.05, 0.1) is 79.3 Å². The van der Waals surface area contributed by atoms with Crippen LogP contribution in [0.2, 0.25) is 0 Å². The fourth-order valence-corrected chi connectivity index (χ4v) is 1.99. The van der Waals surface area contributed by atoms with E-state index in [0.29, 0.717) is 66.1 Å². The first kappa shape index (κ1) is 24.9. The van der Waals surface area contributed by atoms with Crippen LogP contribution < -0.4 is 4.89 Å². The molecule has 25 heavy (non-hydrogen) atoms. The first-order valence-electron chi connectivity index (χ1n) is 8.44. The Morgan fingerprint density at radius 1 is 0.640 bits per heavy atom. The average Bonchev–Trinajstić information content (AvgIpc) is 2.60. The van der Waals surface area contributed by atoms with Crippen molar-refractivity contribution in [1.29, 1.82) is 0 Å². The SMILES string of the molecule is CCP(=O)([O-])OCCOCCOCCOCCOCCOCCOC. The molecular formula is C15H32O9P-. The standard InChI is InChI=1S/C15H33O9P/c1-3-25(16,17)24-15-14-23-13-12-22-11-10-21-9-8-20-7-6-19-5-4-18-2/h3-15H2,1-2H3,(H,16,17)/p-1. The molecule has 10 heteroatoms. The lowest BCUT2D eigenvalue weighted by molar-refractivity contribution is -0.199. The summed E-state index contributed by atoms with van der Waals surface area (Å²) in [5.41, 5.74) is 0. The highest BCUT2D eigenvalue weighted by atomic mass is 31.2. The molecule has 9 nitrogen and oxygen atoms in total. The zero-order chi connectivity index (χ0) is 18.6. The van der Waals surface area contributed by atoms with Crippen molar-refractivity contribution in [3.63, 3.8) is 0 Å². The molecule has 0 saturated heterocycles. The van der Waals surface area contributed by atoms with Crippen LogP contribution in [0.5, 0.6) is 0 Å². The van der Waals surface area contributed by atoms with Crippen molar-refractivity contribution in [2.45, 2.75) is 6.92 Å². The second-order valence-corrected chi connectivity index (χ2v) is 6.93. The lowest BCUT2D eigenvalue weighted by Crippen LogP contribution is -2.15. The van der Waals surface area contributed by atoms with Crippen molar-refractivity contribution < 1.29 is 42.4 Å². The van der Waals surface area contributed by atoms with Gasteiger partial charge in [-0.3, -0.25) is 0 Å². The number of hydrogen-bond donors (Lipinski definition) is 0. The molecule has 0 heterocycles. The van der Waals surface area contributed by atoms with Crippen LogP contribution >= 0.6 is 7.60 Å². The minimum atomic E-state index is -3.66. The van der Waals surface area contributed by atoms with Crippen LogP contribution in [0.1, 0.15) is 6.92 Å². The largest absolute Gasteiger partial charge is 0.779 e. The molecule has 1 atom stereocenters. The Bertz CT molecular complexity index is 317. The fourth-order valence-electron chi connectivity index (χ4n) is 1.45. The van der Waals surface area contributed by atoms with Crippen LogP contribution in [0.4, 0.5) is 0 Å². The molecule has 0 amide bonds. The van der Waals surface area contributed by atoms with Crippen molar-refractivity contribution in [1.82, 2.24) is 0 Å². The number of ether oxygens (including phenoxy) is 6. The van der Waals surface area contributed by atoms with Gasteiger partial charge in [-0.25, -0.2) is 0 Å². The van der Waals surface area contributed by atoms with E-state index in [1.54, 1.807) is 7.11 Å². The monoisotopic (exact) mass is 387 g/mol. The Kier molecular flexibility index (Phi) is 18.6. The molecule has 0 aromatic heterocycles. The summed E-state index contributed by atoms with van der Waals surface area (Å²) < 4.78 is 47.0. The van der Waals surface area contributed by atoms with Gasteiger partial charge in [-0.15, -0.1) is 0 Å². The highest BCUT2D eigenvalue weighted by Crippen LogP contribution is 2.35. The predicted octanol–water partition coefficient (Wildman–Crippen LogP) is 0.306. The molecule has 0 aliphatic carbocycles. The van der Waals surface area contributed by atoms with E-state index < -0.39 is 7.60 Å². The Labute approximate surface area is 150 Å². The number of rotatable bonds is 20. The third-order valence-corrected chi connectivity index (χ3v) is 4.17. The van der Waals surface area contributed by atoms with Gasteiger partial charge < -0.3 is 42.4 Å². The van der Waals surface area contributed by atoms with Crippen LogP contribution in [0.15, 0.2) is 0 Å². The predicted molar refractivity (Wildman–Crippen MR) is 90.1 cm³/mol. The molecule has 1 unspecified atom stereocenters. The molecule has 0 aliphatic heterocycles. The van der Waals surface area contributed by atoms with Crippen LogP contribution in [-0.4, -0.2) is 92.6 Å². The molecule has 0 bridgehead atoms. The van der Waals surface area contributed by atoms with Crippen molar-refractivity contribution in [3.05, 3.63) is 0 Å². The van der Waals surface area contributed by atoms with E-state index in [0.717, 1.165) is 0 Å². The molecule has 0 rings (SSSR count). The Balaban J connectivity index is 3.06. The second-order valence-electron chi connectivity index (χ2n) is 4.82. The second kappa shape index (κ2) is 18.7. The number of methoxy groups -OCH3 is 1. The van der Waals surface area contributed by atoms with Gasteiger partial charge >= 0.3 is 0 Å². The molecule has 0 N–H and O–H groups in total. The zero-order valence-corrected chi connectivity index (χ0v) is 16.2. The zero-order valence-electron chi connectivity index (χ0n) is 15.3. The minimum absolute atomic E-state index is 0.0106. The quantitative estimate of drug-likeness (QED) is 0.215. The molecule has 0 radical (unpaired) electrons. The molecule has 0 aliphatic rings. The minimum Gasteiger partial charge on any atom is -0.779 e. The smallest absolute Gasteiger partial charge is 0.134 e. The molecule has 152 valence electrons. The van der Waals surface area contributed by atoms with Crippen molar-refractivity contribution in [2.75, 3.05) is 92.6 Å². The van der Waals surface area contributed by atoms with E-state index in [4.69, 9.17) is 32.9 Å². The highest BCUT2D eigenvalue weighted by molar-refractivity contribution is 7.51. The lowest BCUT2D eigenvalue weighted by Gasteiger charge is -2.21. The van der Waals surface area contributed by atoms with Gasteiger partial charge in [0.15, 0.2) is 0 Å². The van der Waals surface area contributed by atoms with Crippen LogP contribution in [0.3, 0.4) is 0 Å². The van der Waals surface area contributed by atoms with Gasteiger partial charge in [-0.1, -0.05) is 6.92 Å². The van der Waals surface area contributed by atoms with E-state index in [2.05, 4.69) is 0 Å². The highest BCUT2D eigenvalue weighted by Gasteiger charge is 2.03. The van der Waals surface area contributed by atoms with Crippen molar-refractivity contribution in [2.24, 2.45) is 0 Å². The van der Waals surface area contributed by atoms with Crippen molar-refractivity contribution in [3.8, 4) is 0 Å². The van der Waals surface area contributed by atoms with E-state index in [-0.39, 0.29) is 19.4 Å². The molecule has 0 fully saturated rings. The van der Waals surface area contributed by atoms with Gasteiger partial charge in [0.25, 0.3) is 0 Å². The average molecular weight is 387 g/mol. The van der Waals surface area contributed by atoms with Gasteiger partial charge in [-0.05, 0) is 0 Å². The van der Waals surface area contributed by atoms with E-state index in [1.165, 1.54) is 6.92 Å². The van der Waals surface area contributed by atoms with Gasteiger partial charge in [0.1, 0.15) is 7.60 Å². The maximum Gasteiger partial charge on any atom is 0.134 e. The summed E-state index contributed by atoms with van der Waals surface area (Å²) in [6, 6.07) is 0. The topological polar surface area (TPSA) is 105 Å². The van der Waals surface area contributed by atoms with E-state index in [1.807, 2.05) is 0 Å². The lowest BCUT2D eigenvalue weighted by atomic mass is 10.7. The molecular weight excluding hydrogens is 355 g/mol. The summed E-state index contributed by atoms with van der Waals surface area (Å²) in [6.07, 6.45) is -0.0106. The van der Waals surface area contributed by atoms with Crippen LogP contribution in [0.25, 0.3) is 0 Å². The fraction of sp³-hybridized carbons (Fsp3) is 1.00. The van der Waals surface area contributed by atoms with Crippen LogP contribution in [0, 0.1) is 0 Å².